The number of hydrogen-bond acceptors (Lipinski definition) is 3. The number of nitrogen functional groups attached to an aromatic ring is 1. The summed E-state index contributed by atoms with van der Waals surface area (Å²) in [5.41, 5.74) is 6.10. The number of carbonyl (C=O) groups excluding carboxylic acids is 1. The Morgan fingerprint density at radius 3 is 2.65 bits per heavy atom. The SMILES string of the molecule is CCCCCCN(CCO)C(=O)c1ccc(F)cc1N. The van der Waals surface area contributed by atoms with Crippen LogP contribution < -0.4 is 5.73 Å². The summed E-state index contributed by atoms with van der Waals surface area (Å²) in [5.74, 6) is -0.719. The molecule has 1 rings (SSSR count). The highest BCUT2D eigenvalue weighted by Crippen LogP contribution is 2.16. The van der Waals surface area contributed by atoms with E-state index in [0.29, 0.717) is 6.54 Å². The van der Waals surface area contributed by atoms with Gasteiger partial charge in [-0.3, -0.25) is 4.79 Å². The van der Waals surface area contributed by atoms with Crippen molar-refractivity contribution in [3.05, 3.63) is 29.6 Å². The fourth-order valence-corrected chi connectivity index (χ4v) is 2.06. The van der Waals surface area contributed by atoms with Crippen LogP contribution in [-0.4, -0.2) is 35.6 Å². The number of nitrogens with zero attached hydrogens (tertiary/aromatic N) is 1. The molecule has 0 aliphatic heterocycles. The van der Waals surface area contributed by atoms with Crippen molar-refractivity contribution in [3.8, 4) is 0 Å². The first-order valence-electron chi connectivity index (χ1n) is 7.05. The van der Waals surface area contributed by atoms with Crippen molar-refractivity contribution >= 4 is 11.6 Å². The maximum atomic E-state index is 13.0. The first-order valence-corrected chi connectivity index (χ1v) is 7.05. The van der Waals surface area contributed by atoms with Crippen LogP contribution in [0.25, 0.3) is 0 Å². The molecule has 1 amide bonds. The number of nitrogens with two attached hydrogens (primary N) is 1. The second-order valence-corrected chi connectivity index (χ2v) is 4.81. The van der Waals surface area contributed by atoms with E-state index in [1.54, 1.807) is 4.90 Å². The second-order valence-electron chi connectivity index (χ2n) is 4.81. The lowest BCUT2D eigenvalue weighted by Gasteiger charge is -2.22. The van der Waals surface area contributed by atoms with E-state index in [9.17, 15) is 9.18 Å². The largest absolute Gasteiger partial charge is 0.398 e. The number of unbranched alkanes of at least 4 members (excludes halogenated alkanes) is 3. The van der Waals surface area contributed by atoms with Crippen LogP contribution in [0.4, 0.5) is 10.1 Å². The average molecular weight is 282 g/mol. The molecule has 0 spiro atoms. The van der Waals surface area contributed by atoms with Gasteiger partial charge in [-0.15, -0.1) is 0 Å². The number of aliphatic hydroxyl groups excluding tert-OH is 1. The molecule has 20 heavy (non-hydrogen) atoms. The molecular formula is C15H23FN2O2. The molecule has 0 aliphatic rings. The number of anilines is 1. The van der Waals surface area contributed by atoms with Crippen LogP contribution in [0.15, 0.2) is 18.2 Å². The monoisotopic (exact) mass is 282 g/mol. The highest BCUT2D eigenvalue weighted by molar-refractivity contribution is 5.99. The van der Waals surface area contributed by atoms with E-state index in [0.717, 1.165) is 31.7 Å². The number of aliphatic hydroxyl groups is 1. The van der Waals surface area contributed by atoms with E-state index in [-0.39, 0.29) is 30.3 Å². The average Bonchev–Trinajstić information content (AvgIpc) is 2.41. The Morgan fingerprint density at radius 1 is 1.30 bits per heavy atom. The topological polar surface area (TPSA) is 66.6 Å². The molecule has 0 radical (unpaired) electrons. The number of benzene rings is 1. The van der Waals surface area contributed by atoms with Crippen molar-refractivity contribution in [2.24, 2.45) is 0 Å². The highest BCUT2D eigenvalue weighted by Gasteiger charge is 2.17. The van der Waals surface area contributed by atoms with Gasteiger partial charge in [-0.2, -0.15) is 0 Å². The summed E-state index contributed by atoms with van der Waals surface area (Å²) >= 11 is 0. The summed E-state index contributed by atoms with van der Waals surface area (Å²) in [6.07, 6.45) is 4.18. The molecule has 0 unspecified atom stereocenters. The van der Waals surface area contributed by atoms with Gasteiger partial charge in [-0.25, -0.2) is 4.39 Å². The van der Waals surface area contributed by atoms with Crippen LogP contribution in [-0.2, 0) is 0 Å². The third-order valence-corrected chi connectivity index (χ3v) is 3.18. The molecule has 0 fully saturated rings. The van der Waals surface area contributed by atoms with Crippen molar-refractivity contribution in [2.75, 3.05) is 25.4 Å². The first-order chi connectivity index (χ1) is 9.60. The highest BCUT2D eigenvalue weighted by atomic mass is 19.1. The van der Waals surface area contributed by atoms with Crippen LogP contribution in [0, 0.1) is 5.82 Å². The van der Waals surface area contributed by atoms with Gasteiger partial charge in [0.05, 0.1) is 12.2 Å². The maximum Gasteiger partial charge on any atom is 0.256 e. The maximum absolute atomic E-state index is 13.0. The zero-order chi connectivity index (χ0) is 15.0. The van der Waals surface area contributed by atoms with Crippen LogP contribution in [0.5, 0.6) is 0 Å². The van der Waals surface area contributed by atoms with Crippen LogP contribution in [0.1, 0.15) is 43.0 Å². The Hall–Kier alpha value is -1.62. The number of hydrogen-bond donors (Lipinski definition) is 2. The summed E-state index contributed by atoms with van der Waals surface area (Å²) in [6.45, 7) is 2.87. The zero-order valence-electron chi connectivity index (χ0n) is 11.9. The van der Waals surface area contributed by atoms with Crippen molar-refractivity contribution < 1.29 is 14.3 Å². The molecule has 0 aromatic heterocycles. The van der Waals surface area contributed by atoms with Crippen molar-refractivity contribution in [3.63, 3.8) is 0 Å². The molecule has 1 aromatic carbocycles. The van der Waals surface area contributed by atoms with Gasteiger partial charge in [0, 0.05) is 18.8 Å². The van der Waals surface area contributed by atoms with E-state index in [2.05, 4.69) is 6.92 Å². The van der Waals surface area contributed by atoms with E-state index in [4.69, 9.17) is 10.8 Å². The van der Waals surface area contributed by atoms with Gasteiger partial charge in [0.15, 0.2) is 0 Å². The molecule has 0 saturated heterocycles. The Kier molecular flexibility index (Phi) is 7.01. The van der Waals surface area contributed by atoms with Gasteiger partial charge in [-0.1, -0.05) is 26.2 Å². The molecule has 0 saturated carbocycles. The Labute approximate surface area is 119 Å². The standard InChI is InChI=1S/C15H23FN2O2/c1-2-3-4-5-8-18(9-10-19)15(20)13-7-6-12(16)11-14(13)17/h6-7,11,19H,2-5,8-10,17H2,1H3. The summed E-state index contributed by atoms with van der Waals surface area (Å²) in [6, 6.07) is 3.75. The Balaban J connectivity index is 2.72. The van der Waals surface area contributed by atoms with E-state index < -0.39 is 5.82 Å². The van der Waals surface area contributed by atoms with Gasteiger partial charge in [0.25, 0.3) is 5.91 Å². The van der Waals surface area contributed by atoms with Crippen LogP contribution in [0.2, 0.25) is 0 Å². The molecule has 0 heterocycles. The fourth-order valence-electron chi connectivity index (χ4n) is 2.06. The molecule has 0 aliphatic carbocycles. The van der Waals surface area contributed by atoms with Crippen molar-refractivity contribution in [1.29, 1.82) is 0 Å². The third-order valence-electron chi connectivity index (χ3n) is 3.18. The van der Waals surface area contributed by atoms with E-state index in [1.165, 1.54) is 12.1 Å². The molecule has 0 bridgehead atoms. The summed E-state index contributed by atoms with van der Waals surface area (Å²) in [7, 11) is 0. The predicted octanol–water partition coefficient (Wildman–Crippen LogP) is 2.42. The van der Waals surface area contributed by atoms with E-state index >= 15 is 0 Å². The zero-order valence-corrected chi connectivity index (χ0v) is 11.9. The molecule has 3 N–H and O–H groups in total. The number of rotatable bonds is 8. The lowest BCUT2D eigenvalue weighted by atomic mass is 10.1. The summed E-state index contributed by atoms with van der Waals surface area (Å²) in [4.78, 5) is 13.9. The number of amides is 1. The first kappa shape index (κ1) is 16.4. The van der Waals surface area contributed by atoms with Gasteiger partial charge >= 0.3 is 0 Å². The van der Waals surface area contributed by atoms with Crippen LogP contribution in [0.3, 0.4) is 0 Å². The fraction of sp³-hybridized carbons (Fsp3) is 0.533. The molecule has 112 valence electrons. The van der Waals surface area contributed by atoms with Crippen molar-refractivity contribution in [1.82, 2.24) is 4.90 Å². The second kappa shape index (κ2) is 8.53. The third kappa shape index (κ3) is 4.81. The quantitative estimate of drug-likeness (QED) is 0.568. The van der Waals surface area contributed by atoms with Crippen molar-refractivity contribution in [2.45, 2.75) is 32.6 Å². The predicted molar refractivity (Wildman–Crippen MR) is 77.9 cm³/mol. The summed E-state index contributed by atoms with van der Waals surface area (Å²) in [5, 5.41) is 9.06. The van der Waals surface area contributed by atoms with E-state index in [1.807, 2.05) is 0 Å². The summed E-state index contributed by atoms with van der Waals surface area (Å²) < 4.78 is 13.0. The lowest BCUT2D eigenvalue weighted by Crippen LogP contribution is -2.35. The van der Waals surface area contributed by atoms with Crippen LogP contribution >= 0.6 is 0 Å². The number of halogens is 1. The molecule has 0 atom stereocenters. The lowest BCUT2D eigenvalue weighted by molar-refractivity contribution is 0.0719. The minimum absolute atomic E-state index is 0.0966. The van der Waals surface area contributed by atoms with Gasteiger partial charge in [-0.05, 0) is 24.6 Å². The minimum Gasteiger partial charge on any atom is -0.398 e. The van der Waals surface area contributed by atoms with Gasteiger partial charge in [0.2, 0.25) is 0 Å². The molecular weight excluding hydrogens is 259 g/mol. The van der Waals surface area contributed by atoms with Gasteiger partial charge < -0.3 is 15.7 Å². The minimum atomic E-state index is -0.462. The molecule has 1 aromatic rings. The molecule has 4 nitrogen and oxygen atoms in total. The Morgan fingerprint density at radius 2 is 2.05 bits per heavy atom. The van der Waals surface area contributed by atoms with Gasteiger partial charge in [0.1, 0.15) is 5.82 Å². The Bertz CT molecular complexity index is 438. The number of carbonyl (C=O) groups is 1. The smallest absolute Gasteiger partial charge is 0.256 e. The molecule has 5 heteroatoms. The normalized spacial score (nSPS) is 10.6.